The summed E-state index contributed by atoms with van der Waals surface area (Å²) in [5, 5.41) is 6.71. The Morgan fingerprint density at radius 2 is 1.89 bits per heavy atom. The summed E-state index contributed by atoms with van der Waals surface area (Å²) in [5.74, 6) is -0.278. The molecular weight excluding hydrogens is 386 g/mol. The Bertz CT molecular complexity index is 854. The maximum Gasteiger partial charge on any atom is 0.255 e. The summed E-state index contributed by atoms with van der Waals surface area (Å²) in [6.45, 7) is 3.44. The largest absolute Gasteiger partial charge is 0.397 e. The Morgan fingerprint density at radius 3 is 2.52 bits per heavy atom. The maximum atomic E-state index is 12.6. The van der Waals surface area contributed by atoms with Crippen molar-refractivity contribution in [1.82, 2.24) is 5.32 Å². The van der Waals surface area contributed by atoms with Gasteiger partial charge >= 0.3 is 0 Å². The highest BCUT2D eigenvalue weighted by atomic mass is 35.5. The summed E-state index contributed by atoms with van der Waals surface area (Å²) in [6, 6.07) is 10.2. The third-order valence-corrected chi connectivity index (χ3v) is 5.06. The van der Waals surface area contributed by atoms with Gasteiger partial charge in [-0.15, -0.1) is 0 Å². The van der Waals surface area contributed by atoms with Gasteiger partial charge in [-0.1, -0.05) is 11.6 Å². The molecule has 9 heteroatoms. The molecule has 1 fully saturated rings. The summed E-state index contributed by atoms with van der Waals surface area (Å²) >= 11 is 6.36. The summed E-state index contributed by atoms with van der Waals surface area (Å²) in [5.41, 5.74) is 8.99. The van der Waals surface area contributed by atoms with Crippen LogP contribution in [0.4, 0.5) is 22.7 Å². The standard InChI is InChI=1S/C18H22ClN5O2S/c1-27(26)23-13-4-2-12(3-5-13)18(25)22-16-11-17(14(19)10-15(16)20)24-8-6-21-7-9-24/h2-5,10-11,21,23H,6-9,20H2,1H3,(H,22,25). The smallest absolute Gasteiger partial charge is 0.255 e. The van der Waals surface area contributed by atoms with E-state index in [1.165, 1.54) is 0 Å². The van der Waals surface area contributed by atoms with Gasteiger partial charge in [0.2, 0.25) is 0 Å². The van der Waals surface area contributed by atoms with Crippen molar-refractivity contribution in [3.05, 3.63) is 47.0 Å². The minimum absolute atomic E-state index is 0.278. The minimum Gasteiger partial charge on any atom is -0.397 e. The highest BCUT2D eigenvalue weighted by molar-refractivity contribution is 7.85. The molecule has 0 aliphatic carbocycles. The zero-order chi connectivity index (χ0) is 19.4. The number of carbonyl (C=O) groups is 1. The minimum atomic E-state index is -1.16. The number of benzene rings is 2. The van der Waals surface area contributed by atoms with Gasteiger partial charge in [-0.25, -0.2) is 4.21 Å². The van der Waals surface area contributed by atoms with Crippen LogP contribution >= 0.6 is 11.6 Å². The Hall–Kier alpha value is -2.29. The van der Waals surface area contributed by atoms with E-state index in [-0.39, 0.29) is 5.91 Å². The van der Waals surface area contributed by atoms with Crippen LogP contribution in [0.3, 0.4) is 0 Å². The van der Waals surface area contributed by atoms with Crippen LogP contribution in [0.15, 0.2) is 36.4 Å². The number of nitrogens with two attached hydrogens (primary N) is 1. The topological polar surface area (TPSA) is 99.5 Å². The normalized spacial score (nSPS) is 15.3. The number of halogens is 1. The maximum absolute atomic E-state index is 12.6. The number of carbonyl (C=O) groups excluding carboxylic acids is 1. The number of hydrogen-bond acceptors (Lipinski definition) is 5. The van der Waals surface area contributed by atoms with E-state index in [4.69, 9.17) is 17.3 Å². The van der Waals surface area contributed by atoms with E-state index in [9.17, 15) is 9.00 Å². The van der Waals surface area contributed by atoms with E-state index in [0.717, 1.165) is 31.9 Å². The van der Waals surface area contributed by atoms with Gasteiger partial charge in [0.1, 0.15) is 11.0 Å². The first-order valence-electron chi connectivity index (χ1n) is 8.50. The molecule has 1 atom stereocenters. The van der Waals surface area contributed by atoms with Crippen molar-refractivity contribution < 1.29 is 9.00 Å². The summed E-state index contributed by atoms with van der Waals surface area (Å²) in [6.07, 6.45) is 1.54. The lowest BCUT2D eigenvalue weighted by Gasteiger charge is -2.30. The molecule has 1 aliphatic rings. The molecule has 1 heterocycles. The van der Waals surface area contributed by atoms with Crippen molar-refractivity contribution in [1.29, 1.82) is 0 Å². The molecule has 1 amide bonds. The van der Waals surface area contributed by atoms with Gasteiger partial charge in [0.25, 0.3) is 5.91 Å². The third-order valence-electron chi connectivity index (χ3n) is 4.23. The number of nitrogen functional groups attached to an aromatic ring is 1. The quantitative estimate of drug-likeness (QED) is 0.570. The second-order valence-electron chi connectivity index (χ2n) is 6.22. The van der Waals surface area contributed by atoms with E-state index in [0.29, 0.717) is 27.6 Å². The molecule has 7 nitrogen and oxygen atoms in total. The average Bonchev–Trinajstić information content (AvgIpc) is 2.64. The van der Waals surface area contributed by atoms with Crippen molar-refractivity contribution in [2.45, 2.75) is 0 Å². The predicted molar refractivity (Wildman–Crippen MR) is 113 cm³/mol. The molecule has 1 aliphatic heterocycles. The van der Waals surface area contributed by atoms with Crippen molar-refractivity contribution in [2.75, 3.05) is 53.1 Å². The van der Waals surface area contributed by atoms with Gasteiger partial charge in [0.05, 0.1) is 22.1 Å². The van der Waals surface area contributed by atoms with E-state index in [1.54, 1.807) is 36.6 Å². The molecule has 0 radical (unpaired) electrons. The van der Waals surface area contributed by atoms with Crippen LogP contribution in [0, 0.1) is 0 Å². The van der Waals surface area contributed by atoms with Gasteiger partial charge in [-0.2, -0.15) is 0 Å². The molecule has 1 unspecified atom stereocenters. The lowest BCUT2D eigenvalue weighted by atomic mass is 10.1. The van der Waals surface area contributed by atoms with Gasteiger partial charge in [-0.3, -0.25) is 4.79 Å². The summed E-state index contributed by atoms with van der Waals surface area (Å²) in [4.78, 5) is 14.7. The van der Waals surface area contributed by atoms with Crippen LogP contribution in [-0.2, 0) is 11.0 Å². The SMILES string of the molecule is CS(=O)Nc1ccc(C(=O)Nc2cc(N3CCNCC3)c(Cl)cc2N)cc1. The van der Waals surface area contributed by atoms with Gasteiger partial charge < -0.3 is 26.0 Å². The molecule has 144 valence electrons. The lowest BCUT2D eigenvalue weighted by molar-refractivity contribution is 0.102. The first-order chi connectivity index (χ1) is 12.9. The predicted octanol–water partition coefficient (Wildman–Crippen LogP) is 2.29. The highest BCUT2D eigenvalue weighted by Gasteiger charge is 2.17. The molecule has 1 saturated heterocycles. The molecule has 0 spiro atoms. The van der Waals surface area contributed by atoms with Crippen LogP contribution in [0.2, 0.25) is 5.02 Å². The monoisotopic (exact) mass is 407 g/mol. The number of nitrogens with zero attached hydrogens (tertiary/aromatic N) is 1. The average molecular weight is 408 g/mol. The zero-order valence-electron chi connectivity index (χ0n) is 14.9. The Labute approximate surface area is 165 Å². The number of nitrogens with one attached hydrogen (secondary N) is 3. The number of amides is 1. The fourth-order valence-electron chi connectivity index (χ4n) is 2.88. The van der Waals surface area contributed by atoms with Crippen LogP contribution in [0.25, 0.3) is 0 Å². The third kappa shape index (κ3) is 4.91. The molecule has 27 heavy (non-hydrogen) atoms. The number of anilines is 4. The first-order valence-corrected chi connectivity index (χ1v) is 10.4. The van der Waals surface area contributed by atoms with E-state index < -0.39 is 11.0 Å². The summed E-state index contributed by atoms with van der Waals surface area (Å²) < 4.78 is 14.0. The fourth-order valence-corrected chi connectivity index (χ4v) is 3.64. The van der Waals surface area contributed by atoms with Crippen molar-refractivity contribution in [2.24, 2.45) is 0 Å². The Morgan fingerprint density at radius 1 is 1.22 bits per heavy atom. The summed E-state index contributed by atoms with van der Waals surface area (Å²) in [7, 11) is -1.16. The van der Waals surface area contributed by atoms with Gasteiger partial charge in [-0.05, 0) is 36.4 Å². The van der Waals surface area contributed by atoms with Crippen LogP contribution < -0.4 is 26.0 Å². The number of rotatable bonds is 5. The first kappa shape index (κ1) is 19.5. The van der Waals surface area contributed by atoms with Crippen molar-refractivity contribution in [3.63, 3.8) is 0 Å². The molecular formula is C18H22ClN5O2S. The molecule has 5 N–H and O–H groups in total. The Kier molecular flexibility index (Phi) is 6.20. The zero-order valence-corrected chi connectivity index (χ0v) is 16.5. The van der Waals surface area contributed by atoms with Crippen LogP contribution in [0.5, 0.6) is 0 Å². The van der Waals surface area contributed by atoms with E-state index in [1.807, 2.05) is 6.07 Å². The lowest BCUT2D eigenvalue weighted by Crippen LogP contribution is -2.43. The Balaban J connectivity index is 1.77. The molecule has 0 saturated carbocycles. The van der Waals surface area contributed by atoms with Crippen molar-refractivity contribution in [3.8, 4) is 0 Å². The van der Waals surface area contributed by atoms with Crippen LogP contribution in [0.1, 0.15) is 10.4 Å². The highest BCUT2D eigenvalue weighted by Crippen LogP contribution is 2.34. The number of piperazine rings is 1. The second-order valence-corrected chi connectivity index (χ2v) is 7.74. The second kappa shape index (κ2) is 8.60. The molecule has 3 rings (SSSR count). The molecule has 0 aromatic heterocycles. The van der Waals surface area contributed by atoms with E-state index >= 15 is 0 Å². The number of hydrogen-bond donors (Lipinski definition) is 4. The fraction of sp³-hybridized carbons (Fsp3) is 0.278. The van der Waals surface area contributed by atoms with Gasteiger partial charge in [0, 0.05) is 43.7 Å². The molecule has 2 aromatic carbocycles. The van der Waals surface area contributed by atoms with Crippen LogP contribution in [-0.4, -0.2) is 42.6 Å². The van der Waals surface area contributed by atoms with Gasteiger partial charge in [0.15, 0.2) is 0 Å². The van der Waals surface area contributed by atoms with E-state index in [2.05, 4.69) is 20.3 Å². The molecule has 0 bridgehead atoms. The van der Waals surface area contributed by atoms with Crippen molar-refractivity contribution >= 4 is 51.2 Å². The molecule has 2 aromatic rings.